The standard InChI is InChI=1S/C18H15BrN4O2/c1-25-13-8-6-12(7-9-13)20-17-11-10-16(22-23-17)18(24)21-15-5-3-2-4-14(15)19/h2-11H,1H3,(H,20,23)(H,21,24). The maximum atomic E-state index is 12.2. The zero-order chi connectivity index (χ0) is 17.6. The first-order valence-corrected chi connectivity index (χ1v) is 8.26. The van der Waals surface area contributed by atoms with E-state index in [0.717, 1.165) is 15.9 Å². The fraction of sp³-hybridized carbons (Fsp3) is 0.0556. The molecule has 0 aliphatic rings. The van der Waals surface area contributed by atoms with Gasteiger partial charge in [-0.15, -0.1) is 10.2 Å². The third kappa shape index (κ3) is 4.33. The van der Waals surface area contributed by atoms with Crippen LogP contribution in [0.1, 0.15) is 10.5 Å². The molecule has 7 heteroatoms. The van der Waals surface area contributed by atoms with E-state index in [2.05, 4.69) is 36.8 Å². The van der Waals surface area contributed by atoms with Gasteiger partial charge in [0.25, 0.3) is 5.91 Å². The molecule has 2 aromatic carbocycles. The van der Waals surface area contributed by atoms with Gasteiger partial charge in [-0.3, -0.25) is 4.79 Å². The van der Waals surface area contributed by atoms with Crippen LogP contribution in [-0.4, -0.2) is 23.2 Å². The monoisotopic (exact) mass is 398 g/mol. The molecule has 0 aliphatic carbocycles. The minimum atomic E-state index is -0.324. The van der Waals surface area contributed by atoms with Crippen LogP contribution in [0.5, 0.6) is 5.75 Å². The highest BCUT2D eigenvalue weighted by molar-refractivity contribution is 9.10. The summed E-state index contributed by atoms with van der Waals surface area (Å²) in [7, 11) is 1.62. The van der Waals surface area contributed by atoms with Crippen molar-refractivity contribution in [2.45, 2.75) is 0 Å². The van der Waals surface area contributed by atoms with E-state index < -0.39 is 0 Å². The van der Waals surface area contributed by atoms with Gasteiger partial charge >= 0.3 is 0 Å². The van der Waals surface area contributed by atoms with E-state index in [-0.39, 0.29) is 11.6 Å². The van der Waals surface area contributed by atoms with E-state index in [4.69, 9.17) is 4.74 Å². The zero-order valence-corrected chi connectivity index (χ0v) is 14.9. The van der Waals surface area contributed by atoms with E-state index in [0.29, 0.717) is 11.5 Å². The molecule has 0 fully saturated rings. The summed E-state index contributed by atoms with van der Waals surface area (Å²) >= 11 is 3.39. The predicted octanol–water partition coefficient (Wildman–Crippen LogP) is 4.24. The number of methoxy groups -OCH3 is 1. The minimum Gasteiger partial charge on any atom is -0.497 e. The normalized spacial score (nSPS) is 10.2. The maximum absolute atomic E-state index is 12.2. The second-order valence-corrected chi connectivity index (χ2v) is 5.95. The predicted molar refractivity (Wildman–Crippen MR) is 100 cm³/mol. The number of carbonyl (C=O) groups is 1. The molecule has 1 aromatic heterocycles. The molecule has 0 saturated heterocycles. The van der Waals surface area contributed by atoms with Crippen LogP contribution in [0.2, 0.25) is 0 Å². The molecule has 0 saturated carbocycles. The molecular formula is C18H15BrN4O2. The first-order chi connectivity index (χ1) is 12.2. The zero-order valence-electron chi connectivity index (χ0n) is 13.4. The SMILES string of the molecule is COc1ccc(Nc2ccc(C(=O)Nc3ccccc3Br)nn2)cc1. The van der Waals surface area contributed by atoms with E-state index in [9.17, 15) is 4.79 Å². The average molecular weight is 399 g/mol. The van der Waals surface area contributed by atoms with Crippen LogP contribution in [-0.2, 0) is 0 Å². The lowest BCUT2D eigenvalue weighted by molar-refractivity contribution is 0.102. The topological polar surface area (TPSA) is 76.1 Å². The molecule has 0 atom stereocenters. The number of carbonyl (C=O) groups excluding carboxylic acids is 1. The number of rotatable bonds is 5. The summed E-state index contributed by atoms with van der Waals surface area (Å²) in [5.41, 5.74) is 1.76. The number of anilines is 3. The summed E-state index contributed by atoms with van der Waals surface area (Å²) < 4.78 is 5.92. The Hall–Kier alpha value is -2.93. The Kier molecular flexibility index (Phi) is 5.25. The Morgan fingerprint density at radius 2 is 1.76 bits per heavy atom. The van der Waals surface area contributed by atoms with E-state index in [1.807, 2.05) is 42.5 Å². The molecule has 1 amide bonds. The molecule has 25 heavy (non-hydrogen) atoms. The Morgan fingerprint density at radius 1 is 1.00 bits per heavy atom. The number of nitrogens with one attached hydrogen (secondary N) is 2. The van der Waals surface area contributed by atoms with Crippen LogP contribution < -0.4 is 15.4 Å². The molecule has 0 spiro atoms. The number of halogens is 1. The number of ether oxygens (including phenoxy) is 1. The van der Waals surface area contributed by atoms with Gasteiger partial charge in [0.1, 0.15) is 5.75 Å². The van der Waals surface area contributed by atoms with Crippen LogP contribution in [0.15, 0.2) is 65.1 Å². The summed E-state index contributed by atoms with van der Waals surface area (Å²) in [6.45, 7) is 0. The number of para-hydroxylation sites is 1. The largest absolute Gasteiger partial charge is 0.497 e. The first-order valence-electron chi connectivity index (χ1n) is 7.46. The molecule has 1 heterocycles. The molecular weight excluding hydrogens is 384 g/mol. The lowest BCUT2D eigenvalue weighted by Crippen LogP contribution is -2.14. The van der Waals surface area contributed by atoms with Gasteiger partial charge in [-0.25, -0.2) is 0 Å². The Labute approximate surface area is 153 Å². The van der Waals surface area contributed by atoms with E-state index >= 15 is 0 Å². The van der Waals surface area contributed by atoms with Gasteiger partial charge in [-0.2, -0.15) is 0 Å². The molecule has 6 nitrogen and oxygen atoms in total. The van der Waals surface area contributed by atoms with Gasteiger partial charge in [0.15, 0.2) is 11.5 Å². The third-order valence-electron chi connectivity index (χ3n) is 3.38. The summed E-state index contributed by atoms with van der Waals surface area (Å²) in [5.74, 6) is 0.994. The van der Waals surface area contributed by atoms with Gasteiger partial charge in [-0.05, 0) is 64.5 Å². The van der Waals surface area contributed by atoms with Crippen LogP contribution in [0.3, 0.4) is 0 Å². The van der Waals surface area contributed by atoms with Crippen LogP contribution in [0.4, 0.5) is 17.2 Å². The highest BCUT2D eigenvalue weighted by Crippen LogP contribution is 2.22. The first kappa shape index (κ1) is 16.9. The summed E-state index contributed by atoms with van der Waals surface area (Å²) in [4.78, 5) is 12.2. The van der Waals surface area contributed by atoms with Gasteiger partial charge in [0.05, 0.1) is 12.8 Å². The number of amides is 1. The quantitative estimate of drug-likeness (QED) is 0.671. The molecule has 0 radical (unpaired) electrons. The molecule has 0 aliphatic heterocycles. The van der Waals surface area contributed by atoms with Crippen LogP contribution in [0.25, 0.3) is 0 Å². The van der Waals surface area contributed by atoms with Crippen molar-refractivity contribution in [3.8, 4) is 5.75 Å². The molecule has 0 unspecified atom stereocenters. The smallest absolute Gasteiger partial charge is 0.276 e. The Balaban J connectivity index is 1.67. The number of aromatic nitrogens is 2. The Morgan fingerprint density at radius 3 is 2.40 bits per heavy atom. The van der Waals surface area contributed by atoms with Crippen molar-refractivity contribution in [2.75, 3.05) is 17.7 Å². The molecule has 126 valence electrons. The number of hydrogen-bond donors (Lipinski definition) is 2. The van der Waals surface area contributed by atoms with E-state index in [1.165, 1.54) is 0 Å². The van der Waals surface area contributed by atoms with Crippen molar-refractivity contribution < 1.29 is 9.53 Å². The van der Waals surface area contributed by atoms with Crippen molar-refractivity contribution in [2.24, 2.45) is 0 Å². The lowest BCUT2D eigenvalue weighted by atomic mass is 10.3. The van der Waals surface area contributed by atoms with Crippen molar-refractivity contribution in [3.63, 3.8) is 0 Å². The highest BCUT2D eigenvalue weighted by atomic mass is 79.9. The van der Waals surface area contributed by atoms with Crippen molar-refractivity contribution in [3.05, 3.63) is 70.8 Å². The van der Waals surface area contributed by atoms with Crippen molar-refractivity contribution in [1.29, 1.82) is 0 Å². The Bertz CT molecular complexity index is 867. The van der Waals surface area contributed by atoms with Crippen molar-refractivity contribution in [1.82, 2.24) is 10.2 Å². The van der Waals surface area contributed by atoms with Gasteiger partial charge in [0.2, 0.25) is 0 Å². The third-order valence-corrected chi connectivity index (χ3v) is 4.07. The second-order valence-electron chi connectivity index (χ2n) is 5.09. The van der Waals surface area contributed by atoms with Crippen LogP contribution in [0, 0.1) is 0 Å². The summed E-state index contributed by atoms with van der Waals surface area (Å²) in [6.07, 6.45) is 0. The fourth-order valence-corrected chi connectivity index (χ4v) is 2.48. The number of benzene rings is 2. The summed E-state index contributed by atoms with van der Waals surface area (Å²) in [6, 6.07) is 18.1. The molecule has 0 bridgehead atoms. The van der Waals surface area contributed by atoms with Gasteiger partial charge in [-0.1, -0.05) is 12.1 Å². The second kappa shape index (κ2) is 7.76. The number of nitrogens with zero attached hydrogens (tertiary/aromatic N) is 2. The van der Waals surface area contributed by atoms with Gasteiger partial charge < -0.3 is 15.4 Å². The molecule has 3 rings (SSSR count). The van der Waals surface area contributed by atoms with Crippen molar-refractivity contribution >= 4 is 39.0 Å². The maximum Gasteiger partial charge on any atom is 0.276 e. The highest BCUT2D eigenvalue weighted by Gasteiger charge is 2.10. The fourth-order valence-electron chi connectivity index (χ4n) is 2.09. The minimum absolute atomic E-state index is 0.232. The molecule has 2 N–H and O–H groups in total. The van der Waals surface area contributed by atoms with E-state index in [1.54, 1.807) is 25.3 Å². The van der Waals surface area contributed by atoms with Gasteiger partial charge in [0, 0.05) is 10.2 Å². The molecule has 3 aromatic rings. The van der Waals surface area contributed by atoms with Crippen LogP contribution >= 0.6 is 15.9 Å². The average Bonchev–Trinajstić information content (AvgIpc) is 2.65. The number of hydrogen-bond acceptors (Lipinski definition) is 5. The lowest BCUT2D eigenvalue weighted by Gasteiger charge is -2.08. The summed E-state index contributed by atoms with van der Waals surface area (Å²) in [5, 5.41) is 13.9.